The zero-order valence-electron chi connectivity index (χ0n) is 20.4. The highest BCUT2D eigenvalue weighted by Gasteiger charge is 2.26. The topological polar surface area (TPSA) is 67.0 Å². The van der Waals surface area contributed by atoms with Gasteiger partial charge in [-0.25, -0.2) is 14.1 Å². The van der Waals surface area contributed by atoms with Crippen molar-refractivity contribution in [1.29, 1.82) is 0 Å². The first-order chi connectivity index (χ1) is 16.7. The van der Waals surface area contributed by atoms with Crippen LogP contribution >= 0.6 is 11.6 Å². The molecule has 0 atom stereocenters. The van der Waals surface area contributed by atoms with Gasteiger partial charge >= 0.3 is 0 Å². The molecule has 0 aliphatic carbocycles. The molecule has 5 rings (SSSR count). The van der Waals surface area contributed by atoms with E-state index < -0.39 is 13.9 Å². The van der Waals surface area contributed by atoms with E-state index in [0.29, 0.717) is 44.4 Å². The zero-order valence-corrected chi connectivity index (χ0v) is 22.2. The summed E-state index contributed by atoms with van der Waals surface area (Å²) in [6.45, 7) is 11.6. The number of pyridine rings is 1. The fraction of sp³-hybridized carbons (Fsp3) is 0.400. The Hall–Kier alpha value is -2.59. The zero-order chi connectivity index (χ0) is 24.7. The predicted molar refractivity (Wildman–Crippen MR) is 138 cm³/mol. The lowest BCUT2D eigenvalue weighted by Crippen LogP contribution is -2.22. The summed E-state index contributed by atoms with van der Waals surface area (Å²) < 4.78 is 29.9. The number of aromatic nitrogens is 5. The first kappa shape index (κ1) is 24.1. The van der Waals surface area contributed by atoms with Crippen LogP contribution < -0.4 is 0 Å². The fourth-order valence-electron chi connectivity index (χ4n) is 4.28. The number of hydrogen-bond donors (Lipinski definition) is 0. The van der Waals surface area contributed by atoms with Crippen molar-refractivity contribution in [2.24, 2.45) is 0 Å². The number of aryl methyl sites for hydroxylation is 1. The van der Waals surface area contributed by atoms with Crippen molar-refractivity contribution in [3.05, 3.63) is 52.7 Å². The minimum Gasteiger partial charge on any atom is -0.373 e. The minimum atomic E-state index is -1.17. The molecular formula is C25H29ClFN5O2Si. The number of rotatable bonds is 7. The molecule has 35 heavy (non-hydrogen) atoms. The second-order valence-corrected chi connectivity index (χ2v) is 16.1. The Morgan fingerprint density at radius 1 is 1.23 bits per heavy atom. The van der Waals surface area contributed by atoms with E-state index in [-0.39, 0.29) is 5.02 Å². The quantitative estimate of drug-likeness (QED) is 0.227. The number of halogens is 2. The van der Waals surface area contributed by atoms with E-state index in [1.165, 1.54) is 6.07 Å². The molecule has 0 spiro atoms. The van der Waals surface area contributed by atoms with E-state index in [9.17, 15) is 4.39 Å². The van der Waals surface area contributed by atoms with E-state index >= 15 is 0 Å². The molecule has 3 aromatic heterocycles. The largest absolute Gasteiger partial charge is 0.373 e. The van der Waals surface area contributed by atoms with Crippen LogP contribution in [0.3, 0.4) is 0 Å². The van der Waals surface area contributed by atoms with Crippen molar-refractivity contribution >= 4 is 30.7 Å². The Labute approximate surface area is 209 Å². The smallest absolute Gasteiger partial charge is 0.161 e. The second-order valence-electron chi connectivity index (χ2n) is 10.1. The van der Waals surface area contributed by atoms with Gasteiger partial charge in [0.05, 0.1) is 36.7 Å². The van der Waals surface area contributed by atoms with Crippen LogP contribution in [-0.2, 0) is 29.4 Å². The van der Waals surface area contributed by atoms with Gasteiger partial charge in [-0.15, -0.1) is 0 Å². The SMILES string of the molecule is Cc1cc(-c2c(-c3ccc(Cl)c(F)c3)nn3c2COCC3)c2cnn(COCC[Si](C)(C)C)c2n1. The van der Waals surface area contributed by atoms with Gasteiger partial charge in [0.1, 0.15) is 18.2 Å². The minimum absolute atomic E-state index is 0.0835. The van der Waals surface area contributed by atoms with E-state index in [2.05, 4.69) is 24.7 Å². The molecule has 4 aromatic rings. The molecule has 1 aliphatic heterocycles. The Bertz CT molecular complexity index is 1400. The maximum Gasteiger partial charge on any atom is 0.161 e. The van der Waals surface area contributed by atoms with Gasteiger partial charge in [-0.1, -0.05) is 37.3 Å². The summed E-state index contributed by atoms with van der Waals surface area (Å²) >= 11 is 5.95. The highest BCUT2D eigenvalue weighted by atomic mass is 35.5. The highest BCUT2D eigenvalue weighted by Crippen LogP contribution is 2.40. The van der Waals surface area contributed by atoms with Crippen LogP contribution in [0.2, 0.25) is 30.7 Å². The number of hydrogen-bond acceptors (Lipinski definition) is 5. The van der Waals surface area contributed by atoms with Gasteiger partial charge in [-0.05, 0) is 31.2 Å². The molecule has 10 heteroatoms. The Morgan fingerprint density at radius 2 is 2.06 bits per heavy atom. The van der Waals surface area contributed by atoms with Crippen molar-refractivity contribution in [3.8, 4) is 22.4 Å². The van der Waals surface area contributed by atoms with Crippen molar-refractivity contribution < 1.29 is 13.9 Å². The van der Waals surface area contributed by atoms with E-state index in [0.717, 1.165) is 39.6 Å². The molecule has 0 radical (unpaired) electrons. The first-order valence-corrected chi connectivity index (χ1v) is 15.8. The van der Waals surface area contributed by atoms with Crippen LogP contribution in [0, 0.1) is 12.7 Å². The normalized spacial score (nSPS) is 14.0. The third kappa shape index (κ3) is 4.91. The molecule has 0 N–H and O–H groups in total. The summed E-state index contributed by atoms with van der Waals surface area (Å²) in [4.78, 5) is 4.77. The number of ether oxygens (including phenoxy) is 2. The van der Waals surface area contributed by atoms with Crippen LogP contribution in [0.1, 0.15) is 11.4 Å². The van der Waals surface area contributed by atoms with Gasteiger partial charge in [-0.2, -0.15) is 10.2 Å². The molecule has 0 saturated heterocycles. The summed E-state index contributed by atoms with van der Waals surface area (Å²) in [7, 11) is -1.17. The second kappa shape index (κ2) is 9.46. The monoisotopic (exact) mass is 513 g/mol. The highest BCUT2D eigenvalue weighted by molar-refractivity contribution is 6.76. The summed E-state index contributed by atoms with van der Waals surface area (Å²) in [5.74, 6) is -0.475. The molecule has 1 aliphatic rings. The summed E-state index contributed by atoms with van der Waals surface area (Å²) in [5.41, 5.74) is 5.74. The van der Waals surface area contributed by atoms with Crippen molar-refractivity contribution in [1.82, 2.24) is 24.5 Å². The number of fused-ring (bicyclic) bond motifs is 2. The van der Waals surface area contributed by atoms with Crippen molar-refractivity contribution in [2.75, 3.05) is 13.2 Å². The third-order valence-electron chi connectivity index (χ3n) is 6.15. The average molecular weight is 514 g/mol. The van der Waals surface area contributed by atoms with Crippen LogP contribution in [0.25, 0.3) is 33.4 Å². The van der Waals surface area contributed by atoms with Crippen LogP contribution in [0.4, 0.5) is 4.39 Å². The van der Waals surface area contributed by atoms with Crippen LogP contribution in [0.5, 0.6) is 0 Å². The van der Waals surface area contributed by atoms with Gasteiger partial charge in [0.25, 0.3) is 0 Å². The lowest BCUT2D eigenvalue weighted by atomic mass is 9.96. The maximum absolute atomic E-state index is 14.4. The maximum atomic E-state index is 14.4. The van der Waals surface area contributed by atoms with Gasteiger partial charge in [0, 0.05) is 42.5 Å². The molecule has 0 saturated carbocycles. The molecule has 0 amide bonds. The molecule has 0 fully saturated rings. The number of nitrogens with zero attached hydrogens (tertiary/aromatic N) is 5. The van der Waals surface area contributed by atoms with E-state index in [1.54, 1.807) is 16.8 Å². The molecule has 4 heterocycles. The van der Waals surface area contributed by atoms with Gasteiger partial charge in [0.2, 0.25) is 0 Å². The fourth-order valence-corrected chi connectivity index (χ4v) is 5.15. The van der Waals surface area contributed by atoms with Crippen molar-refractivity contribution in [2.45, 2.75) is 52.5 Å². The van der Waals surface area contributed by atoms with Crippen LogP contribution in [0.15, 0.2) is 30.5 Å². The van der Waals surface area contributed by atoms with Gasteiger partial charge in [-0.3, -0.25) is 4.68 Å². The Balaban J connectivity index is 1.60. The molecule has 0 unspecified atom stereocenters. The summed E-state index contributed by atoms with van der Waals surface area (Å²) in [5, 5.41) is 10.4. The Morgan fingerprint density at radius 3 is 2.83 bits per heavy atom. The summed E-state index contributed by atoms with van der Waals surface area (Å²) in [6.07, 6.45) is 1.82. The summed E-state index contributed by atoms with van der Waals surface area (Å²) in [6, 6.07) is 7.91. The third-order valence-corrected chi connectivity index (χ3v) is 8.16. The van der Waals surface area contributed by atoms with Gasteiger partial charge < -0.3 is 9.47 Å². The van der Waals surface area contributed by atoms with E-state index in [4.69, 9.17) is 31.2 Å². The van der Waals surface area contributed by atoms with Gasteiger partial charge in [0.15, 0.2) is 5.65 Å². The molecule has 184 valence electrons. The molecule has 7 nitrogen and oxygen atoms in total. The van der Waals surface area contributed by atoms with E-state index in [1.807, 2.05) is 23.9 Å². The lowest BCUT2D eigenvalue weighted by molar-refractivity contribution is 0.0804. The molecule has 1 aromatic carbocycles. The first-order valence-electron chi connectivity index (χ1n) is 11.8. The molecule has 0 bridgehead atoms. The van der Waals surface area contributed by atoms with Crippen LogP contribution in [-0.4, -0.2) is 45.8 Å². The average Bonchev–Trinajstić information content (AvgIpc) is 3.39. The number of benzene rings is 1. The molecular weight excluding hydrogens is 485 g/mol. The predicted octanol–water partition coefficient (Wildman–Crippen LogP) is 5.91. The Kier molecular flexibility index (Phi) is 6.52. The van der Waals surface area contributed by atoms with Crippen molar-refractivity contribution in [3.63, 3.8) is 0 Å². The lowest BCUT2D eigenvalue weighted by Gasteiger charge is -2.16. The standard InChI is InChI=1S/C25H29ClFN5O2Si/c1-16-11-18(19-13-28-32(25(19)29-16)15-34-9-10-35(2,3)4)23-22-14-33-8-7-31(22)30-24(23)17-5-6-20(26)21(27)12-17/h5-6,11-13H,7-10,14-15H2,1-4H3.